The molecule has 0 aliphatic rings. The van der Waals surface area contributed by atoms with Gasteiger partial charge in [-0.05, 0) is 24.6 Å². The van der Waals surface area contributed by atoms with Gasteiger partial charge in [-0.1, -0.05) is 29.8 Å². The zero-order valence-electron chi connectivity index (χ0n) is 9.23. The molecular weight excluding hydrogens is 256 g/mol. The van der Waals surface area contributed by atoms with E-state index in [9.17, 15) is 0 Å². The Hall–Kier alpha value is -1.10. The van der Waals surface area contributed by atoms with E-state index in [0.717, 1.165) is 22.6 Å². The van der Waals surface area contributed by atoms with Crippen molar-refractivity contribution in [3.8, 4) is 5.75 Å². The first kappa shape index (κ1) is 12.4. The van der Waals surface area contributed by atoms with E-state index >= 15 is 0 Å². The van der Waals surface area contributed by atoms with Gasteiger partial charge in [-0.3, -0.25) is 0 Å². The van der Waals surface area contributed by atoms with Crippen LogP contribution < -0.4 is 10.5 Å². The maximum Gasteiger partial charge on any atom is 0.183 e. The van der Waals surface area contributed by atoms with Crippen LogP contribution in [0.1, 0.15) is 10.4 Å². The number of hydrogen-bond acceptors (Lipinski definition) is 4. The fourth-order valence-electron chi connectivity index (χ4n) is 1.51. The third-order valence-electron chi connectivity index (χ3n) is 2.28. The van der Waals surface area contributed by atoms with Crippen molar-refractivity contribution in [3.05, 3.63) is 45.4 Å². The van der Waals surface area contributed by atoms with Crippen molar-refractivity contribution < 1.29 is 4.74 Å². The summed E-state index contributed by atoms with van der Waals surface area (Å²) in [5.74, 6) is 0.877. The van der Waals surface area contributed by atoms with E-state index in [2.05, 4.69) is 4.98 Å². The highest BCUT2D eigenvalue weighted by Gasteiger charge is 2.04. The van der Waals surface area contributed by atoms with E-state index in [1.165, 1.54) is 11.3 Å². The van der Waals surface area contributed by atoms with Gasteiger partial charge in [-0.25, -0.2) is 4.98 Å². The number of rotatable bonds is 5. The molecular formula is C12H13ClN2OS. The Balaban J connectivity index is 2.03. The van der Waals surface area contributed by atoms with Gasteiger partial charge in [-0.15, -0.1) is 11.3 Å². The second-order valence-electron chi connectivity index (χ2n) is 3.51. The zero-order valence-corrected chi connectivity index (χ0v) is 10.8. The second kappa shape index (κ2) is 6.00. The van der Waals surface area contributed by atoms with Crippen LogP contribution in [0, 0.1) is 0 Å². The summed E-state index contributed by atoms with van der Waals surface area (Å²) in [6.45, 7) is 1.11. The molecule has 90 valence electrons. The minimum Gasteiger partial charge on any atom is -0.488 e. The molecule has 0 aliphatic heterocycles. The molecule has 2 rings (SSSR count). The first-order valence-electron chi connectivity index (χ1n) is 5.30. The summed E-state index contributed by atoms with van der Waals surface area (Å²) in [5, 5.41) is 0. The summed E-state index contributed by atoms with van der Waals surface area (Å²) in [5.41, 5.74) is 6.69. The normalized spacial score (nSPS) is 10.5. The SMILES string of the molecule is NCCc1ccccc1OCc1cnc(Cl)s1. The summed E-state index contributed by atoms with van der Waals surface area (Å²) >= 11 is 7.19. The van der Waals surface area contributed by atoms with Crippen molar-refractivity contribution in [1.29, 1.82) is 0 Å². The summed E-state index contributed by atoms with van der Waals surface area (Å²) in [6.07, 6.45) is 2.55. The lowest BCUT2D eigenvalue weighted by Gasteiger charge is -2.09. The largest absolute Gasteiger partial charge is 0.488 e. The molecule has 17 heavy (non-hydrogen) atoms. The lowest BCUT2D eigenvalue weighted by molar-refractivity contribution is 0.306. The Labute approximate surface area is 109 Å². The number of para-hydroxylation sites is 1. The summed E-state index contributed by atoms with van der Waals surface area (Å²) in [6, 6.07) is 7.92. The number of nitrogens with zero attached hydrogens (tertiary/aromatic N) is 1. The molecule has 0 radical (unpaired) electrons. The summed E-state index contributed by atoms with van der Waals surface area (Å²) in [4.78, 5) is 4.98. The van der Waals surface area contributed by atoms with Gasteiger partial charge in [0.15, 0.2) is 4.47 Å². The first-order chi connectivity index (χ1) is 8.29. The number of aromatic nitrogens is 1. The maximum absolute atomic E-state index is 5.76. The van der Waals surface area contributed by atoms with Gasteiger partial charge in [0, 0.05) is 6.20 Å². The molecule has 0 fully saturated rings. The number of thiazole rings is 1. The average Bonchev–Trinajstić information content (AvgIpc) is 2.74. The highest BCUT2D eigenvalue weighted by molar-refractivity contribution is 7.15. The molecule has 3 nitrogen and oxygen atoms in total. The van der Waals surface area contributed by atoms with Gasteiger partial charge >= 0.3 is 0 Å². The van der Waals surface area contributed by atoms with Crippen LogP contribution in [0.4, 0.5) is 0 Å². The molecule has 0 spiro atoms. The highest BCUT2D eigenvalue weighted by Crippen LogP contribution is 2.22. The second-order valence-corrected chi connectivity index (χ2v) is 5.21. The number of hydrogen-bond donors (Lipinski definition) is 1. The summed E-state index contributed by atoms with van der Waals surface area (Å²) in [7, 11) is 0. The van der Waals surface area contributed by atoms with Crippen LogP contribution in [0.2, 0.25) is 4.47 Å². The molecule has 0 saturated carbocycles. The molecule has 0 saturated heterocycles. The van der Waals surface area contributed by atoms with Crippen molar-refractivity contribution in [2.45, 2.75) is 13.0 Å². The molecule has 2 aromatic rings. The van der Waals surface area contributed by atoms with Gasteiger partial charge in [0.25, 0.3) is 0 Å². The van der Waals surface area contributed by atoms with Crippen LogP contribution in [0.5, 0.6) is 5.75 Å². The van der Waals surface area contributed by atoms with E-state index in [1.54, 1.807) is 6.20 Å². The van der Waals surface area contributed by atoms with Crippen LogP contribution in [0.15, 0.2) is 30.5 Å². The molecule has 0 bridgehead atoms. The number of ether oxygens (including phenoxy) is 1. The predicted octanol–water partition coefficient (Wildman–Crippen LogP) is 2.88. The first-order valence-corrected chi connectivity index (χ1v) is 6.50. The monoisotopic (exact) mass is 268 g/mol. The molecule has 1 heterocycles. The van der Waals surface area contributed by atoms with Crippen LogP contribution in [-0.2, 0) is 13.0 Å². The molecule has 2 N–H and O–H groups in total. The Bertz CT molecular complexity index is 487. The van der Waals surface area contributed by atoms with E-state index in [-0.39, 0.29) is 0 Å². The summed E-state index contributed by atoms with van der Waals surface area (Å²) < 4.78 is 6.29. The fraction of sp³-hybridized carbons (Fsp3) is 0.250. The van der Waals surface area contributed by atoms with E-state index in [1.807, 2.05) is 24.3 Å². The predicted molar refractivity (Wildman–Crippen MR) is 70.7 cm³/mol. The van der Waals surface area contributed by atoms with Crippen LogP contribution >= 0.6 is 22.9 Å². The zero-order chi connectivity index (χ0) is 12.1. The number of nitrogens with two attached hydrogens (primary N) is 1. The maximum atomic E-state index is 5.76. The van der Waals surface area contributed by atoms with Crippen LogP contribution in [0.3, 0.4) is 0 Å². The standard InChI is InChI=1S/C12H13ClN2OS/c13-12-15-7-10(17-12)8-16-11-4-2-1-3-9(11)5-6-14/h1-4,7H,5-6,8,14H2. The van der Waals surface area contributed by atoms with Gasteiger partial charge in [0.05, 0.1) is 4.88 Å². The van der Waals surface area contributed by atoms with Crippen LogP contribution in [0.25, 0.3) is 0 Å². The van der Waals surface area contributed by atoms with Crippen molar-refractivity contribution in [2.75, 3.05) is 6.54 Å². The average molecular weight is 269 g/mol. The van der Waals surface area contributed by atoms with Gasteiger partial charge in [0.1, 0.15) is 12.4 Å². The lowest BCUT2D eigenvalue weighted by atomic mass is 10.1. The van der Waals surface area contributed by atoms with Gasteiger partial charge < -0.3 is 10.5 Å². The molecule has 0 atom stereocenters. The molecule has 5 heteroatoms. The Morgan fingerprint density at radius 3 is 2.88 bits per heavy atom. The topological polar surface area (TPSA) is 48.1 Å². The Morgan fingerprint density at radius 2 is 2.18 bits per heavy atom. The highest BCUT2D eigenvalue weighted by atomic mass is 35.5. The third-order valence-corrected chi connectivity index (χ3v) is 3.37. The molecule has 0 unspecified atom stereocenters. The Morgan fingerprint density at radius 1 is 1.35 bits per heavy atom. The van der Waals surface area contributed by atoms with E-state index in [0.29, 0.717) is 17.6 Å². The minimum atomic E-state index is 0.492. The van der Waals surface area contributed by atoms with Gasteiger partial charge in [0.2, 0.25) is 0 Å². The lowest BCUT2D eigenvalue weighted by Crippen LogP contribution is -2.05. The number of benzene rings is 1. The van der Waals surface area contributed by atoms with Crippen molar-refractivity contribution in [1.82, 2.24) is 4.98 Å². The van der Waals surface area contributed by atoms with Gasteiger partial charge in [-0.2, -0.15) is 0 Å². The van der Waals surface area contributed by atoms with Crippen molar-refractivity contribution in [3.63, 3.8) is 0 Å². The van der Waals surface area contributed by atoms with E-state index in [4.69, 9.17) is 22.1 Å². The minimum absolute atomic E-state index is 0.492. The van der Waals surface area contributed by atoms with Crippen LogP contribution in [-0.4, -0.2) is 11.5 Å². The fourth-order valence-corrected chi connectivity index (χ4v) is 2.40. The van der Waals surface area contributed by atoms with Crippen molar-refractivity contribution in [2.24, 2.45) is 5.73 Å². The molecule has 0 amide bonds. The van der Waals surface area contributed by atoms with E-state index < -0.39 is 0 Å². The Kier molecular flexibility index (Phi) is 4.36. The molecule has 0 aliphatic carbocycles. The quantitative estimate of drug-likeness (QED) is 0.907. The smallest absolute Gasteiger partial charge is 0.183 e. The molecule has 1 aromatic heterocycles. The third kappa shape index (κ3) is 3.43. The molecule has 1 aromatic carbocycles. The van der Waals surface area contributed by atoms with Crippen molar-refractivity contribution >= 4 is 22.9 Å². The number of halogens is 1.